The number of aryl methyl sites for hydroxylation is 1. The van der Waals surface area contributed by atoms with Crippen LogP contribution in [-0.4, -0.2) is 32.9 Å². The zero-order chi connectivity index (χ0) is 20.2. The molecule has 0 spiro atoms. The van der Waals surface area contributed by atoms with Crippen molar-refractivity contribution >= 4 is 11.6 Å². The summed E-state index contributed by atoms with van der Waals surface area (Å²) < 4.78 is 11.9. The fourth-order valence-electron chi connectivity index (χ4n) is 2.76. The molecule has 2 aromatic carbocycles. The van der Waals surface area contributed by atoms with E-state index in [4.69, 9.17) is 9.26 Å². The van der Waals surface area contributed by atoms with Crippen LogP contribution in [0.3, 0.4) is 0 Å². The van der Waals surface area contributed by atoms with Crippen LogP contribution >= 0.6 is 0 Å². The molecule has 0 saturated carbocycles. The van der Waals surface area contributed by atoms with Gasteiger partial charge in [0.25, 0.3) is 5.91 Å². The van der Waals surface area contributed by atoms with E-state index in [9.17, 15) is 4.79 Å². The normalized spacial score (nSPS) is 10.7. The third kappa shape index (κ3) is 4.01. The first-order valence-corrected chi connectivity index (χ1v) is 9.10. The number of rotatable bonds is 6. The van der Waals surface area contributed by atoms with Crippen LogP contribution in [-0.2, 0) is 6.42 Å². The molecular weight excluding hydrogens is 370 g/mol. The van der Waals surface area contributed by atoms with Gasteiger partial charge in [-0.05, 0) is 42.5 Å². The molecule has 4 aromatic rings. The van der Waals surface area contributed by atoms with Crippen LogP contribution in [0.15, 0.2) is 65.3 Å². The standard InChI is InChI=1S/C21H19N5O3/c1-3-19-23-20(25-29-19)14-7-9-16(10-8-14)26-12-11-18(24-26)21(27)22-15-5-4-6-17(13-15)28-2/h4-13H,3H2,1-2H3,(H,22,27). The molecule has 0 saturated heterocycles. The van der Waals surface area contributed by atoms with Crippen molar-refractivity contribution in [1.82, 2.24) is 19.9 Å². The lowest BCUT2D eigenvalue weighted by Gasteiger charge is -2.05. The number of amides is 1. The molecule has 0 radical (unpaired) electrons. The molecule has 29 heavy (non-hydrogen) atoms. The summed E-state index contributed by atoms with van der Waals surface area (Å²) in [5, 5.41) is 11.1. The SMILES string of the molecule is CCc1nc(-c2ccc(-n3ccc(C(=O)Nc4cccc(OC)c4)n3)cc2)no1. The predicted octanol–water partition coefficient (Wildman–Crippen LogP) is 3.75. The van der Waals surface area contributed by atoms with Crippen molar-refractivity contribution in [2.24, 2.45) is 0 Å². The number of nitrogens with zero attached hydrogens (tertiary/aromatic N) is 4. The minimum atomic E-state index is -0.299. The van der Waals surface area contributed by atoms with Crippen molar-refractivity contribution in [3.63, 3.8) is 0 Å². The van der Waals surface area contributed by atoms with Gasteiger partial charge in [0.1, 0.15) is 5.75 Å². The summed E-state index contributed by atoms with van der Waals surface area (Å²) in [5.74, 6) is 1.52. The van der Waals surface area contributed by atoms with Crippen molar-refractivity contribution in [1.29, 1.82) is 0 Å². The quantitative estimate of drug-likeness (QED) is 0.540. The van der Waals surface area contributed by atoms with E-state index in [1.807, 2.05) is 43.3 Å². The Balaban J connectivity index is 1.48. The molecule has 0 atom stereocenters. The van der Waals surface area contributed by atoms with Crippen LogP contribution in [0.5, 0.6) is 5.75 Å². The van der Waals surface area contributed by atoms with Gasteiger partial charge in [0.15, 0.2) is 5.69 Å². The van der Waals surface area contributed by atoms with Crippen LogP contribution in [0.25, 0.3) is 17.1 Å². The summed E-state index contributed by atoms with van der Waals surface area (Å²) in [4.78, 5) is 16.8. The molecule has 1 N–H and O–H groups in total. The summed E-state index contributed by atoms with van der Waals surface area (Å²) in [6.07, 6.45) is 2.43. The van der Waals surface area contributed by atoms with Gasteiger partial charge in [-0.15, -0.1) is 0 Å². The minimum Gasteiger partial charge on any atom is -0.497 e. The second-order valence-corrected chi connectivity index (χ2v) is 6.24. The highest BCUT2D eigenvalue weighted by Crippen LogP contribution is 2.20. The molecular formula is C21H19N5O3. The Kier molecular flexibility index (Phi) is 5.07. The number of carbonyl (C=O) groups is 1. The Bertz CT molecular complexity index is 1130. The maximum Gasteiger partial charge on any atom is 0.276 e. The third-order valence-electron chi connectivity index (χ3n) is 4.31. The summed E-state index contributed by atoms with van der Waals surface area (Å²) in [5.41, 5.74) is 2.61. The summed E-state index contributed by atoms with van der Waals surface area (Å²) in [6.45, 7) is 1.96. The largest absolute Gasteiger partial charge is 0.497 e. The fourth-order valence-corrected chi connectivity index (χ4v) is 2.76. The highest BCUT2D eigenvalue weighted by Gasteiger charge is 2.12. The van der Waals surface area contributed by atoms with Crippen molar-refractivity contribution in [2.75, 3.05) is 12.4 Å². The molecule has 2 heterocycles. The lowest BCUT2D eigenvalue weighted by Crippen LogP contribution is -2.13. The second-order valence-electron chi connectivity index (χ2n) is 6.24. The van der Waals surface area contributed by atoms with Crippen LogP contribution in [0.2, 0.25) is 0 Å². The Labute approximate surface area is 167 Å². The number of hydrogen-bond donors (Lipinski definition) is 1. The van der Waals surface area contributed by atoms with E-state index in [1.165, 1.54) is 0 Å². The molecule has 146 valence electrons. The van der Waals surface area contributed by atoms with E-state index in [0.29, 0.717) is 35.3 Å². The van der Waals surface area contributed by atoms with Gasteiger partial charge >= 0.3 is 0 Å². The number of anilines is 1. The van der Waals surface area contributed by atoms with Gasteiger partial charge in [0.05, 0.1) is 12.8 Å². The smallest absolute Gasteiger partial charge is 0.276 e. The van der Waals surface area contributed by atoms with Crippen molar-refractivity contribution < 1.29 is 14.1 Å². The van der Waals surface area contributed by atoms with Gasteiger partial charge in [0.2, 0.25) is 11.7 Å². The fraction of sp³-hybridized carbons (Fsp3) is 0.143. The number of hydrogen-bond acceptors (Lipinski definition) is 6. The van der Waals surface area contributed by atoms with E-state index in [0.717, 1.165) is 11.3 Å². The van der Waals surface area contributed by atoms with E-state index < -0.39 is 0 Å². The average molecular weight is 389 g/mol. The lowest BCUT2D eigenvalue weighted by atomic mass is 10.2. The van der Waals surface area contributed by atoms with Gasteiger partial charge in [0, 0.05) is 29.9 Å². The van der Waals surface area contributed by atoms with Gasteiger partial charge in [-0.25, -0.2) is 4.68 Å². The zero-order valence-corrected chi connectivity index (χ0v) is 16.0. The number of aromatic nitrogens is 4. The Morgan fingerprint density at radius 1 is 1.17 bits per heavy atom. The number of methoxy groups -OCH3 is 1. The van der Waals surface area contributed by atoms with Gasteiger partial charge < -0.3 is 14.6 Å². The van der Waals surface area contributed by atoms with Crippen LogP contribution in [0, 0.1) is 0 Å². The first-order valence-electron chi connectivity index (χ1n) is 9.10. The van der Waals surface area contributed by atoms with Crippen molar-refractivity contribution in [2.45, 2.75) is 13.3 Å². The molecule has 2 aromatic heterocycles. The summed E-state index contributed by atoms with van der Waals surface area (Å²) >= 11 is 0. The van der Waals surface area contributed by atoms with Gasteiger partial charge in [-0.2, -0.15) is 10.1 Å². The molecule has 0 fully saturated rings. The number of carbonyl (C=O) groups excluding carboxylic acids is 1. The van der Waals surface area contributed by atoms with Crippen molar-refractivity contribution in [3.8, 4) is 22.8 Å². The summed E-state index contributed by atoms with van der Waals surface area (Å²) in [7, 11) is 1.58. The second kappa shape index (κ2) is 7.97. The van der Waals surface area contributed by atoms with Gasteiger partial charge in [-0.1, -0.05) is 18.1 Å². The Hall–Kier alpha value is -3.94. The molecule has 0 unspecified atom stereocenters. The van der Waals surface area contributed by atoms with Gasteiger partial charge in [-0.3, -0.25) is 4.79 Å². The number of nitrogens with one attached hydrogen (secondary N) is 1. The van der Waals surface area contributed by atoms with E-state index in [-0.39, 0.29) is 5.91 Å². The average Bonchev–Trinajstić information content (AvgIpc) is 3.44. The molecule has 8 heteroatoms. The van der Waals surface area contributed by atoms with E-state index >= 15 is 0 Å². The van der Waals surface area contributed by atoms with Crippen molar-refractivity contribution in [3.05, 3.63) is 72.4 Å². The third-order valence-corrected chi connectivity index (χ3v) is 4.31. The first kappa shape index (κ1) is 18.4. The molecule has 0 aliphatic rings. The first-order chi connectivity index (χ1) is 14.2. The Morgan fingerprint density at radius 3 is 2.72 bits per heavy atom. The Morgan fingerprint density at radius 2 is 2.00 bits per heavy atom. The minimum absolute atomic E-state index is 0.299. The highest BCUT2D eigenvalue weighted by atomic mass is 16.5. The molecule has 8 nitrogen and oxygen atoms in total. The monoisotopic (exact) mass is 389 g/mol. The van der Waals surface area contributed by atoms with E-state index in [2.05, 4.69) is 20.6 Å². The maximum absolute atomic E-state index is 12.5. The molecule has 1 amide bonds. The van der Waals surface area contributed by atoms with E-state index in [1.54, 1.807) is 36.2 Å². The zero-order valence-electron chi connectivity index (χ0n) is 16.0. The number of ether oxygens (including phenoxy) is 1. The summed E-state index contributed by atoms with van der Waals surface area (Å²) in [6, 6.07) is 16.4. The molecule has 0 aliphatic heterocycles. The molecule has 0 aliphatic carbocycles. The predicted molar refractivity (Wildman–Crippen MR) is 107 cm³/mol. The lowest BCUT2D eigenvalue weighted by molar-refractivity contribution is 0.102. The number of benzene rings is 2. The molecule has 0 bridgehead atoms. The molecule has 4 rings (SSSR count). The topological polar surface area (TPSA) is 95.1 Å². The van der Waals surface area contributed by atoms with Crippen LogP contribution in [0.1, 0.15) is 23.3 Å². The maximum atomic E-state index is 12.5. The van der Waals surface area contributed by atoms with Crippen LogP contribution < -0.4 is 10.1 Å². The highest BCUT2D eigenvalue weighted by molar-refractivity contribution is 6.02. The van der Waals surface area contributed by atoms with Crippen LogP contribution in [0.4, 0.5) is 5.69 Å².